The van der Waals surface area contributed by atoms with Crippen LogP contribution in [0.25, 0.3) is 0 Å². The van der Waals surface area contributed by atoms with E-state index in [1.807, 2.05) is 31.2 Å². The maximum atomic E-state index is 13.3. The number of aryl methyl sites for hydroxylation is 1. The topological polar surface area (TPSA) is 122 Å². The van der Waals surface area contributed by atoms with Gasteiger partial charge in [0, 0.05) is 17.5 Å². The lowest BCUT2D eigenvalue weighted by molar-refractivity contribution is -0.136. The Morgan fingerprint density at radius 3 is 2.48 bits per heavy atom. The Labute approximate surface area is 239 Å². The van der Waals surface area contributed by atoms with Crippen molar-refractivity contribution in [1.29, 1.82) is 0 Å². The SMILES string of the molecule is Cc1ccc(S(=O)(=O)N[C@H]2C(=O)NCC/C=C\C2Cc2cc(CC(=O)O)ccc2OCc2ccc(Cl)cc2)cc1. The zero-order chi connectivity index (χ0) is 28.7. The number of hydrogen-bond donors (Lipinski definition) is 3. The van der Waals surface area contributed by atoms with Crippen molar-refractivity contribution in [2.45, 2.75) is 43.7 Å². The molecule has 0 spiro atoms. The largest absolute Gasteiger partial charge is 0.489 e. The molecule has 3 aromatic carbocycles. The maximum Gasteiger partial charge on any atom is 0.307 e. The molecule has 40 heavy (non-hydrogen) atoms. The van der Waals surface area contributed by atoms with Crippen LogP contribution in [0.3, 0.4) is 0 Å². The highest BCUT2D eigenvalue weighted by Crippen LogP contribution is 2.28. The second-order valence-electron chi connectivity index (χ2n) is 9.72. The number of hydrogen-bond acceptors (Lipinski definition) is 5. The standard InChI is InChI=1S/C30H31ClN2O6S/c1-20-5-12-26(13-6-20)40(37,38)33-29-23(4-2-3-15-32-30(29)36)18-24-16-22(17-28(34)35)9-14-27(24)39-19-21-7-10-25(31)11-8-21/h2,4-14,16,23,29,33H,3,15,17-19H2,1H3,(H,32,36)(H,34,35)/b4-2-/t23?,29-/m1/s1. The Hall–Kier alpha value is -3.66. The molecular formula is C30H31ClN2O6S. The fraction of sp³-hybridized carbons (Fsp3) is 0.267. The van der Waals surface area contributed by atoms with E-state index in [-0.39, 0.29) is 24.3 Å². The van der Waals surface area contributed by atoms with Gasteiger partial charge in [-0.15, -0.1) is 0 Å². The molecule has 1 unspecified atom stereocenters. The van der Waals surface area contributed by atoms with Crippen LogP contribution in [0, 0.1) is 12.8 Å². The van der Waals surface area contributed by atoms with E-state index in [2.05, 4.69) is 10.0 Å². The van der Waals surface area contributed by atoms with Crippen LogP contribution in [0.1, 0.15) is 28.7 Å². The second-order valence-corrected chi connectivity index (χ2v) is 11.9. The molecule has 10 heteroatoms. The van der Waals surface area contributed by atoms with Crippen LogP contribution in [0.4, 0.5) is 0 Å². The van der Waals surface area contributed by atoms with Crippen molar-refractivity contribution in [1.82, 2.24) is 10.0 Å². The van der Waals surface area contributed by atoms with Gasteiger partial charge in [0.05, 0.1) is 11.3 Å². The molecule has 1 amide bonds. The second kappa shape index (κ2) is 13.1. The van der Waals surface area contributed by atoms with E-state index in [0.29, 0.717) is 34.9 Å². The van der Waals surface area contributed by atoms with Crippen molar-refractivity contribution in [2.75, 3.05) is 6.54 Å². The minimum Gasteiger partial charge on any atom is -0.489 e. The van der Waals surface area contributed by atoms with Crippen molar-refractivity contribution in [3.8, 4) is 5.75 Å². The summed E-state index contributed by atoms with van der Waals surface area (Å²) in [6.45, 7) is 2.49. The summed E-state index contributed by atoms with van der Waals surface area (Å²) in [5.74, 6) is -1.47. The number of aliphatic carboxylic acids is 1. The van der Waals surface area contributed by atoms with E-state index in [1.165, 1.54) is 12.1 Å². The van der Waals surface area contributed by atoms with Crippen molar-refractivity contribution >= 4 is 33.5 Å². The van der Waals surface area contributed by atoms with E-state index < -0.39 is 33.9 Å². The van der Waals surface area contributed by atoms with Gasteiger partial charge in [0.25, 0.3) is 0 Å². The van der Waals surface area contributed by atoms with E-state index in [0.717, 1.165) is 11.1 Å². The summed E-state index contributed by atoms with van der Waals surface area (Å²) >= 11 is 5.99. The first kappa shape index (κ1) is 29.3. The number of carboxylic acids is 1. The molecule has 0 fully saturated rings. The zero-order valence-electron chi connectivity index (χ0n) is 22.0. The van der Waals surface area contributed by atoms with Crippen LogP contribution in [0.2, 0.25) is 5.02 Å². The number of rotatable bonds is 10. The molecule has 0 saturated carbocycles. The molecule has 8 nitrogen and oxygen atoms in total. The normalized spacial score (nSPS) is 18.3. The van der Waals surface area contributed by atoms with E-state index in [9.17, 15) is 23.1 Å². The number of benzene rings is 3. The molecule has 0 bridgehead atoms. The molecule has 4 rings (SSSR count). The highest BCUT2D eigenvalue weighted by atomic mass is 35.5. The van der Waals surface area contributed by atoms with Gasteiger partial charge in [-0.05, 0) is 66.8 Å². The number of carbonyl (C=O) groups excluding carboxylic acids is 1. The molecule has 0 saturated heterocycles. The lowest BCUT2D eigenvalue weighted by Crippen LogP contribution is -2.51. The van der Waals surface area contributed by atoms with Gasteiger partial charge in [0.2, 0.25) is 15.9 Å². The summed E-state index contributed by atoms with van der Waals surface area (Å²) in [6.07, 6.45) is 4.39. The molecule has 0 aromatic heterocycles. The molecule has 3 N–H and O–H groups in total. The van der Waals surface area contributed by atoms with Gasteiger partial charge in [-0.3, -0.25) is 9.59 Å². The highest BCUT2D eigenvalue weighted by molar-refractivity contribution is 7.89. The van der Waals surface area contributed by atoms with Crippen LogP contribution in [0.15, 0.2) is 83.8 Å². The first-order valence-corrected chi connectivity index (χ1v) is 14.7. The van der Waals surface area contributed by atoms with Crippen molar-refractivity contribution in [2.24, 2.45) is 5.92 Å². The van der Waals surface area contributed by atoms with Crippen LogP contribution in [-0.2, 0) is 39.1 Å². The van der Waals surface area contributed by atoms with E-state index >= 15 is 0 Å². The molecule has 1 heterocycles. The van der Waals surface area contributed by atoms with Gasteiger partial charge >= 0.3 is 5.97 Å². The predicted molar refractivity (Wildman–Crippen MR) is 153 cm³/mol. The fourth-order valence-corrected chi connectivity index (χ4v) is 5.83. The third-order valence-electron chi connectivity index (χ3n) is 6.56. The number of nitrogens with one attached hydrogen (secondary N) is 2. The summed E-state index contributed by atoms with van der Waals surface area (Å²) < 4.78 is 35.2. The molecule has 0 aliphatic carbocycles. The van der Waals surface area contributed by atoms with Gasteiger partial charge < -0.3 is 15.2 Å². The third kappa shape index (κ3) is 7.94. The van der Waals surface area contributed by atoms with Crippen LogP contribution in [0.5, 0.6) is 5.75 Å². The van der Waals surface area contributed by atoms with Crippen molar-refractivity contribution in [3.05, 3.63) is 106 Å². The first-order valence-electron chi connectivity index (χ1n) is 12.8. The fourth-order valence-electron chi connectivity index (χ4n) is 4.46. The molecule has 1 aliphatic heterocycles. The Morgan fingerprint density at radius 1 is 1.07 bits per heavy atom. The first-order chi connectivity index (χ1) is 19.1. The molecule has 3 aromatic rings. The third-order valence-corrected chi connectivity index (χ3v) is 8.27. The predicted octanol–water partition coefficient (Wildman–Crippen LogP) is 4.44. The maximum absolute atomic E-state index is 13.3. The van der Waals surface area contributed by atoms with E-state index in [1.54, 1.807) is 42.5 Å². The van der Waals surface area contributed by atoms with Crippen LogP contribution >= 0.6 is 11.6 Å². The van der Waals surface area contributed by atoms with Gasteiger partial charge in [-0.25, -0.2) is 8.42 Å². The number of sulfonamides is 1. The lowest BCUT2D eigenvalue weighted by Gasteiger charge is -2.27. The summed E-state index contributed by atoms with van der Waals surface area (Å²) in [6, 6.07) is 17.6. The number of carboxylic acid groups (broad SMARTS) is 1. The number of amides is 1. The highest BCUT2D eigenvalue weighted by Gasteiger charge is 2.33. The molecule has 2 atom stereocenters. The molecular weight excluding hydrogens is 552 g/mol. The minimum absolute atomic E-state index is 0.0612. The summed E-state index contributed by atoms with van der Waals surface area (Å²) in [5.41, 5.74) is 3.03. The van der Waals surface area contributed by atoms with Gasteiger partial charge in [0.15, 0.2) is 0 Å². The van der Waals surface area contributed by atoms with Gasteiger partial charge in [-0.2, -0.15) is 4.72 Å². The molecule has 210 valence electrons. The van der Waals surface area contributed by atoms with Crippen molar-refractivity contribution < 1.29 is 27.9 Å². The minimum atomic E-state index is -4.01. The number of carbonyl (C=O) groups is 2. The number of ether oxygens (including phenoxy) is 1. The summed E-state index contributed by atoms with van der Waals surface area (Å²) in [5, 5.41) is 12.7. The number of halogens is 1. The van der Waals surface area contributed by atoms with E-state index in [4.69, 9.17) is 16.3 Å². The Balaban J connectivity index is 1.65. The summed E-state index contributed by atoms with van der Waals surface area (Å²) in [7, 11) is -4.01. The molecule has 1 aliphatic rings. The Kier molecular flexibility index (Phi) is 9.63. The quantitative estimate of drug-likeness (QED) is 0.304. The lowest BCUT2D eigenvalue weighted by atomic mass is 9.89. The van der Waals surface area contributed by atoms with Crippen molar-refractivity contribution in [3.63, 3.8) is 0 Å². The monoisotopic (exact) mass is 582 g/mol. The average molecular weight is 583 g/mol. The molecule has 0 radical (unpaired) electrons. The Bertz CT molecular complexity index is 1490. The van der Waals surface area contributed by atoms with Crippen LogP contribution < -0.4 is 14.8 Å². The summed E-state index contributed by atoms with van der Waals surface area (Å²) in [4.78, 5) is 24.6. The van der Waals surface area contributed by atoms with Gasteiger partial charge in [0.1, 0.15) is 18.4 Å². The zero-order valence-corrected chi connectivity index (χ0v) is 23.5. The smallest absolute Gasteiger partial charge is 0.307 e. The van der Waals surface area contributed by atoms with Crippen LogP contribution in [-0.4, -0.2) is 38.0 Å². The van der Waals surface area contributed by atoms with Gasteiger partial charge in [-0.1, -0.05) is 65.7 Å². The Morgan fingerprint density at radius 2 is 1.77 bits per heavy atom. The average Bonchev–Trinajstić information content (AvgIpc) is 2.90.